The van der Waals surface area contributed by atoms with Crippen molar-refractivity contribution >= 4 is 16.9 Å². The molecule has 0 bridgehead atoms. The van der Waals surface area contributed by atoms with Gasteiger partial charge in [-0.3, -0.25) is 9.69 Å². The van der Waals surface area contributed by atoms with Crippen LogP contribution in [0.25, 0.3) is 11.0 Å². The first-order valence-electron chi connectivity index (χ1n) is 8.23. The van der Waals surface area contributed by atoms with Crippen LogP contribution in [0.2, 0.25) is 0 Å². The Morgan fingerprint density at radius 3 is 3.04 bits per heavy atom. The number of likely N-dealkylation sites (N-methyl/N-ethyl adjacent to an activating group) is 1. The van der Waals surface area contributed by atoms with Crippen LogP contribution in [0, 0.1) is 6.92 Å². The monoisotopic (exact) mass is 315 g/mol. The number of nitrogens with zero attached hydrogens (tertiary/aromatic N) is 3. The average Bonchev–Trinajstić information content (AvgIpc) is 2.81. The van der Waals surface area contributed by atoms with Gasteiger partial charge in [0.25, 0.3) is 0 Å². The van der Waals surface area contributed by atoms with E-state index in [1.807, 2.05) is 12.1 Å². The molecule has 0 radical (unpaired) electrons. The molecule has 0 spiro atoms. The first-order valence-corrected chi connectivity index (χ1v) is 8.23. The van der Waals surface area contributed by atoms with Gasteiger partial charge in [-0.15, -0.1) is 0 Å². The molecule has 124 valence electrons. The number of aryl methyl sites for hydroxylation is 1. The summed E-state index contributed by atoms with van der Waals surface area (Å²) in [4.78, 5) is 24.4. The number of hydrogen-bond acceptors (Lipinski definition) is 4. The molecular formula is C17H25N5O. The fourth-order valence-electron chi connectivity index (χ4n) is 2.96. The number of aromatic amines is 1. The van der Waals surface area contributed by atoms with Gasteiger partial charge in [0.05, 0.1) is 24.1 Å². The molecule has 23 heavy (non-hydrogen) atoms. The van der Waals surface area contributed by atoms with Gasteiger partial charge in [0.2, 0.25) is 5.91 Å². The zero-order chi connectivity index (χ0) is 16.2. The molecule has 0 atom stereocenters. The number of benzene rings is 1. The summed E-state index contributed by atoms with van der Waals surface area (Å²) in [6.45, 7) is 7.04. The quantitative estimate of drug-likeness (QED) is 0.888. The van der Waals surface area contributed by atoms with Gasteiger partial charge < -0.3 is 15.2 Å². The summed E-state index contributed by atoms with van der Waals surface area (Å²) < 4.78 is 0. The van der Waals surface area contributed by atoms with Crippen LogP contribution in [-0.2, 0) is 11.3 Å². The van der Waals surface area contributed by atoms with Crippen LogP contribution in [0.4, 0.5) is 0 Å². The third kappa shape index (κ3) is 4.30. The summed E-state index contributed by atoms with van der Waals surface area (Å²) in [5.41, 5.74) is 3.16. The molecule has 0 unspecified atom stereocenters. The van der Waals surface area contributed by atoms with Crippen molar-refractivity contribution in [3.63, 3.8) is 0 Å². The van der Waals surface area contributed by atoms with E-state index in [-0.39, 0.29) is 5.91 Å². The molecule has 1 aromatic carbocycles. The number of aromatic nitrogens is 2. The third-order valence-corrected chi connectivity index (χ3v) is 4.32. The second kappa shape index (κ2) is 7.10. The van der Waals surface area contributed by atoms with E-state index < -0.39 is 0 Å². The Morgan fingerprint density at radius 2 is 2.17 bits per heavy atom. The smallest absolute Gasteiger partial charge is 0.234 e. The van der Waals surface area contributed by atoms with Crippen LogP contribution in [0.1, 0.15) is 17.8 Å². The fourth-order valence-corrected chi connectivity index (χ4v) is 2.96. The van der Waals surface area contributed by atoms with Crippen molar-refractivity contribution in [1.82, 2.24) is 25.1 Å². The van der Waals surface area contributed by atoms with E-state index in [9.17, 15) is 4.79 Å². The van der Waals surface area contributed by atoms with Crippen molar-refractivity contribution < 1.29 is 4.79 Å². The lowest BCUT2D eigenvalue weighted by Crippen LogP contribution is -2.38. The van der Waals surface area contributed by atoms with Gasteiger partial charge in [-0.2, -0.15) is 0 Å². The van der Waals surface area contributed by atoms with Gasteiger partial charge in [-0.25, -0.2) is 4.98 Å². The van der Waals surface area contributed by atoms with E-state index in [1.54, 1.807) is 0 Å². The van der Waals surface area contributed by atoms with Crippen LogP contribution in [0.3, 0.4) is 0 Å². The first kappa shape index (κ1) is 16.0. The van der Waals surface area contributed by atoms with Crippen molar-refractivity contribution in [3.05, 3.63) is 29.6 Å². The number of hydrogen-bond donors (Lipinski definition) is 2. The zero-order valence-corrected chi connectivity index (χ0v) is 13.9. The number of fused-ring (bicyclic) bond motifs is 1. The number of H-pyrrole nitrogens is 1. The minimum atomic E-state index is 0.0613. The number of imidazole rings is 1. The summed E-state index contributed by atoms with van der Waals surface area (Å²) in [5.74, 6) is 0.862. The molecule has 1 aliphatic rings. The summed E-state index contributed by atoms with van der Waals surface area (Å²) in [6, 6.07) is 6.11. The number of carbonyl (C=O) groups is 1. The van der Waals surface area contributed by atoms with Crippen molar-refractivity contribution in [3.8, 4) is 0 Å². The fraction of sp³-hybridized carbons (Fsp3) is 0.529. The molecule has 6 heteroatoms. The zero-order valence-electron chi connectivity index (χ0n) is 13.9. The average molecular weight is 315 g/mol. The number of amides is 1. The van der Waals surface area contributed by atoms with Crippen LogP contribution < -0.4 is 5.32 Å². The Balaban J connectivity index is 1.51. The normalized spacial score (nSPS) is 17.3. The van der Waals surface area contributed by atoms with Gasteiger partial charge in [0.15, 0.2) is 0 Å². The van der Waals surface area contributed by atoms with Crippen LogP contribution in [0.15, 0.2) is 18.2 Å². The van der Waals surface area contributed by atoms with Gasteiger partial charge in [-0.1, -0.05) is 6.07 Å². The lowest BCUT2D eigenvalue weighted by atomic mass is 10.2. The highest BCUT2D eigenvalue weighted by Crippen LogP contribution is 2.13. The predicted octanol–water partition coefficient (Wildman–Crippen LogP) is 1.13. The minimum absolute atomic E-state index is 0.0613. The highest BCUT2D eigenvalue weighted by Gasteiger charge is 2.15. The molecule has 2 heterocycles. The SMILES string of the molecule is Cc1ccc2nc(CNC(=O)CN3CCCN(C)CC3)[nH]c2c1. The summed E-state index contributed by atoms with van der Waals surface area (Å²) in [6.07, 6.45) is 1.12. The van der Waals surface area contributed by atoms with E-state index in [2.05, 4.69) is 45.1 Å². The maximum absolute atomic E-state index is 12.1. The number of rotatable bonds is 4. The standard InChI is InChI=1S/C17H25N5O/c1-13-4-5-14-15(10-13)20-16(19-14)11-18-17(23)12-22-7-3-6-21(2)8-9-22/h4-5,10H,3,6-9,11-12H2,1-2H3,(H,18,23)(H,19,20). The van der Waals surface area contributed by atoms with Gasteiger partial charge in [0.1, 0.15) is 5.82 Å². The highest BCUT2D eigenvalue weighted by molar-refractivity contribution is 5.78. The Labute approximate surface area is 136 Å². The van der Waals surface area contributed by atoms with Crippen molar-refractivity contribution in [2.75, 3.05) is 39.8 Å². The van der Waals surface area contributed by atoms with Gasteiger partial charge >= 0.3 is 0 Å². The van der Waals surface area contributed by atoms with E-state index in [0.717, 1.165) is 49.5 Å². The molecule has 1 aliphatic heterocycles. The molecule has 0 aliphatic carbocycles. The Morgan fingerprint density at radius 1 is 1.30 bits per heavy atom. The Kier molecular flexibility index (Phi) is 4.93. The molecule has 2 N–H and O–H groups in total. The topological polar surface area (TPSA) is 64.3 Å². The molecule has 2 aromatic rings. The van der Waals surface area contributed by atoms with E-state index in [0.29, 0.717) is 13.1 Å². The Bertz CT molecular complexity index is 681. The summed E-state index contributed by atoms with van der Waals surface area (Å²) in [5, 5.41) is 2.97. The van der Waals surface area contributed by atoms with Gasteiger partial charge in [0, 0.05) is 13.1 Å². The lowest BCUT2D eigenvalue weighted by molar-refractivity contribution is -0.122. The van der Waals surface area contributed by atoms with Crippen LogP contribution in [0.5, 0.6) is 0 Å². The Hall–Kier alpha value is -1.92. The molecule has 3 rings (SSSR count). The molecule has 1 aromatic heterocycles. The maximum Gasteiger partial charge on any atom is 0.234 e. The molecular weight excluding hydrogens is 290 g/mol. The molecule has 1 saturated heterocycles. The minimum Gasteiger partial charge on any atom is -0.348 e. The van der Waals surface area contributed by atoms with E-state index in [1.165, 1.54) is 5.56 Å². The van der Waals surface area contributed by atoms with Crippen molar-refractivity contribution in [2.24, 2.45) is 0 Å². The summed E-state index contributed by atoms with van der Waals surface area (Å²) >= 11 is 0. The molecule has 1 amide bonds. The number of carbonyl (C=O) groups excluding carboxylic acids is 1. The lowest BCUT2D eigenvalue weighted by Gasteiger charge is -2.19. The molecule has 0 saturated carbocycles. The van der Waals surface area contributed by atoms with Crippen molar-refractivity contribution in [2.45, 2.75) is 19.9 Å². The highest BCUT2D eigenvalue weighted by atomic mass is 16.2. The molecule has 1 fully saturated rings. The largest absolute Gasteiger partial charge is 0.348 e. The predicted molar refractivity (Wildman–Crippen MR) is 91.2 cm³/mol. The maximum atomic E-state index is 12.1. The summed E-state index contributed by atoms with van der Waals surface area (Å²) in [7, 11) is 2.13. The first-order chi connectivity index (χ1) is 11.1. The third-order valence-electron chi connectivity index (χ3n) is 4.32. The number of nitrogens with one attached hydrogen (secondary N) is 2. The van der Waals surface area contributed by atoms with Gasteiger partial charge in [-0.05, 0) is 51.2 Å². The van der Waals surface area contributed by atoms with Crippen molar-refractivity contribution in [1.29, 1.82) is 0 Å². The van der Waals surface area contributed by atoms with Crippen LogP contribution >= 0.6 is 0 Å². The second-order valence-corrected chi connectivity index (χ2v) is 6.41. The van der Waals surface area contributed by atoms with E-state index >= 15 is 0 Å². The molecule has 6 nitrogen and oxygen atoms in total. The van der Waals surface area contributed by atoms with E-state index in [4.69, 9.17) is 0 Å². The second-order valence-electron chi connectivity index (χ2n) is 6.41. The van der Waals surface area contributed by atoms with Crippen LogP contribution in [-0.4, -0.2) is 65.4 Å².